The summed E-state index contributed by atoms with van der Waals surface area (Å²) in [4.78, 5) is 41.4. The summed E-state index contributed by atoms with van der Waals surface area (Å²) in [6.45, 7) is 3.96. The molecule has 2 atom stereocenters. The van der Waals surface area contributed by atoms with Crippen molar-refractivity contribution < 1.29 is 32.0 Å². The molecule has 0 spiro atoms. The van der Waals surface area contributed by atoms with E-state index in [4.69, 9.17) is 9.15 Å². The van der Waals surface area contributed by atoms with Crippen LogP contribution in [0, 0.1) is 0 Å². The van der Waals surface area contributed by atoms with E-state index in [2.05, 4.69) is 15.5 Å². The van der Waals surface area contributed by atoms with E-state index in [0.29, 0.717) is 18.7 Å². The van der Waals surface area contributed by atoms with Crippen LogP contribution < -0.4 is 5.32 Å². The second kappa shape index (κ2) is 12.4. The molecule has 1 fully saturated rings. The normalized spacial score (nSPS) is 16.6. The highest BCUT2D eigenvalue weighted by Crippen LogP contribution is 2.28. The average molecular weight is 535 g/mol. The van der Waals surface area contributed by atoms with Gasteiger partial charge in [0.05, 0.1) is 18.2 Å². The monoisotopic (exact) mass is 534 g/mol. The molecule has 1 N–H and O–H groups in total. The molecule has 1 aromatic heterocycles. The Morgan fingerprint density at radius 2 is 1.81 bits per heavy atom. The number of likely N-dealkylation sites (tertiary alicyclic amines) is 1. The maximum Gasteiger partial charge on any atom is 0.286 e. The smallest absolute Gasteiger partial charge is 0.286 e. The summed E-state index contributed by atoms with van der Waals surface area (Å²) in [5, 5.41) is 9.99. The fourth-order valence-electron chi connectivity index (χ4n) is 4.18. The number of methoxy groups -OCH3 is 1. The molecule has 1 aliphatic rings. The van der Waals surface area contributed by atoms with Crippen LogP contribution in [0.1, 0.15) is 68.1 Å². The molecule has 2 amide bonds. The van der Waals surface area contributed by atoms with E-state index in [9.17, 15) is 22.8 Å². The summed E-state index contributed by atoms with van der Waals surface area (Å²) in [6, 6.07) is 7.33. The molecule has 1 saturated heterocycles. The van der Waals surface area contributed by atoms with Gasteiger partial charge in [-0.2, -0.15) is 0 Å². The lowest BCUT2D eigenvalue weighted by atomic mass is 10.0. The molecule has 0 aliphatic carbocycles. The van der Waals surface area contributed by atoms with E-state index >= 15 is 0 Å². The Kier molecular flexibility index (Phi) is 9.55. The van der Waals surface area contributed by atoms with E-state index in [1.165, 1.54) is 14.0 Å². The number of ketones is 1. The standard InChI is InChI=1S/C25H34N4O7S/c1-4-19(22(31)23-28-27-20(36-23)16-35-3)26-24(32)25(2,15-21(30)29-13-9-6-10-14-29)37(33,34)17-18-11-7-5-8-12-18/h5,7-8,11-12,19H,4,6,9-10,13-17H2,1-3H3,(H,26,32). The predicted molar refractivity (Wildman–Crippen MR) is 134 cm³/mol. The average Bonchev–Trinajstić information content (AvgIpc) is 3.36. The molecule has 3 rings (SSSR count). The fraction of sp³-hybridized carbons (Fsp3) is 0.560. The summed E-state index contributed by atoms with van der Waals surface area (Å²) < 4.78 is 35.5. The zero-order valence-electron chi connectivity index (χ0n) is 21.4. The molecule has 2 unspecified atom stereocenters. The third-order valence-corrected chi connectivity index (χ3v) is 8.96. The molecule has 0 bridgehead atoms. The van der Waals surface area contributed by atoms with E-state index < -0.39 is 50.4 Å². The second-order valence-electron chi connectivity index (χ2n) is 9.33. The van der Waals surface area contributed by atoms with Crippen molar-refractivity contribution in [3.8, 4) is 0 Å². The van der Waals surface area contributed by atoms with Crippen LogP contribution in [-0.4, -0.2) is 72.1 Å². The maximum atomic E-state index is 13.7. The first-order chi connectivity index (χ1) is 17.6. The van der Waals surface area contributed by atoms with Crippen LogP contribution in [0.15, 0.2) is 34.7 Å². The molecular weight excluding hydrogens is 500 g/mol. The highest BCUT2D eigenvalue weighted by atomic mass is 32.2. The Hall–Kier alpha value is -3.12. The van der Waals surface area contributed by atoms with E-state index in [1.54, 1.807) is 42.2 Å². The number of sulfone groups is 1. The molecule has 2 aromatic rings. The van der Waals surface area contributed by atoms with Gasteiger partial charge in [0.25, 0.3) is 5.89 Å². The van der Waals surface area contributed by atoms with Crippen molar-refractivity contribution in [2.24, 2.45) is 0 Å². The zero-order chi connectivity index (χ0) is 27.1. The van der Waals surface area contributed by atoms with E-state index in [1.807, 2.05) is 0 Å². The number of nitrogens with one attached hydrogen (secondary N) is 1. The van der Waals surface area contributed by atoms with Crippen molar-refractivity contribution in [3.63, 3.8) is 0 Å². The molecule has 1 aromatic carbocycles. The third kappa shape index (κ3) is 6.80. The minimum Gasteiger partial charge on any atom is -0.416 e. The quantitative estimate of drug-likeness (QED) is 0.404. The number of hydrogen-bond acceptors (Lipinski definition) is 9. The number of piperidine rings is 1. The number of Topliss-reactive ketones (excluding diaryl/α,β-unsaturated/α-hetero) is 1. The number of carbonyl (C=O) groups is 3. The highest BCUT2D eigenvalue weighted by molar-refractivity contribution is 7.92. The predicted octanol–water partition coefficient (Wildman–Crippen LogP) is 2.07. The first-order valence-electron chi connectivity index (χ1n) is 12.3. The number of nitrogens with zero attached hydrogens (tertiary/aromatic N) is 3. The third-order valence-electron chi connectivity index (χ3n) is 6.54. The number of aromatic nitrogens is 2. The maximum absolute atomic E-state index is 13.7. The molecule has 0 saturated carbocycles. The summed E-state index contributed by atoms with van der Waals surface area (Å²) in [6.07, 6.45) is 2.26. The van der Waals surface area contributed by atoms with Gasteiger partial charge in [0.1, 0.15) is 6.61 Å². The second-order valence-corrected chi connectivity index (χ2v) is 11.7. The van der Waals surface area contributed by atoms with Crippen molar-refractivity contribution in [3.05, 3.63) is 47.7 Å². The van der Waals surface area contributed by atoms with Gasteiger partial charge in [0.15, 0.2) is 14.6 Å². The minimum absolute atomic E-state index is 0.0117. The summed E-state index contributed by atoms with van der Waals surface area (Å²) in [7, 11) is -2.76. The van der Waals surface area contributed by atoms with Crippen molar-refractivity contribution in [2.45, 2.75) is 69.1 Å². The number of benzene rings is 1. The molecule has 37 heavy (non-hydrogen) atoms. The van der Waals surface area contributed by atoms with Crippen molar-refractivity contribution in [1.29, 1.82) is 0 Å². The van der Waals surface area contributed by atoms with E-state index in [0.717, 1.165) is 19.3 Å². The van der Waals surface area contributed by atoms with Crippen LogP contribution in [0.25, 0.3) is 0 Å². The Balaban J connectivity index is 1.88. The van der Waals surface area contributed by atoms with Crippen LogP contribution in [0.3, 0.4) is 0 Å². The van der Waals surface area contributed by atoms with Gasteiger partial charge < -0.3 is 19.4 Å². The molecule has 11 nitrogen and oxygen atoms in total. The van der Waals surface area contributed by atoms with Crippen LogP contribution in [0.4, 0.5) is 0 Å². The first-order valence-corrected chi connectivity index (χ1v) is 14.0. The Bertz CT molecular complexity index is 1190. The number of rotatable bonds is 12. The van der Waals surface area contributed by atoms with Crippen molar-refractivity contribution in [1.82, 2.24) is 20.4 Å². The fourth-order valence-corrected chi connectivity index (χ4v) is 5.81. The van der Waals surface area contributed by atoms with Gasteiger partial charge in [-0.05, 0) is 38.2 Å². The summed E-state index contributed by atoms with van der Waals surface area (Å²) >= 11 is 0. The summed E-state index contributed by atoms with van der Waals surface area (Å²) in [5.41, 5.74) is 0.492. The van der Waals surface area contributed by atoms with Gasteiger partial charge in [-0.1, -0.05) is 37.3 Å². The molecular formula is C25H34N4O7S. The lowest BCUT2D eigenvalue weighted by Crippen LogP contribution is -2.57. The Labute approximate surface area is 216 Å². The Morgan fingerprint density at radius 3 is 2.43 bits per heavy atom. The minimum atomic E-state index is -4.19. The lowest BCUT2D eigenvalue weighted by Gasteiger charge is -2.33. The van der Waals surface area contributed by atoms with E-state index in [-0.39, 0.29) is 24.8 Å². The highest BCUT2D eigenvalue weighted by Gasteiger charge is 2.49. The molecule has 2 heterocycles. The number of carbonyl (C=O) groups excluding carboxylic acids is 3. The van der Waals surface area contributed by atoms with Gasteiger partial charge in [0.2, 0.25) is 23.5 Å². The Morgan fingerprint density at radius 1 is 1.14 bits per heavy atom. The van der Waals surface area contributed by atoms with Crippen molar-refractivity contribution in [2.75, 3.05) is 20.2 Å². The number of ether oxygens (including phenoxy) is 1. The van der Waals surface area contributed by atoms with Gasteiger partial charge in [-0.3, -0.25) is 14.4 Å². The zero-order valence-corrected chi connectivity index (χ0v) is 22.3. The van der Waals surface area contributed by atoms with Crippen LogP contribution in [0.2, 0.25) is 0 Å². The molecule has 0 radical (unpaired) electrons. The topological polar surface area (TPSA) is 149 Å². The van der Waals surface area contributed by atoms with Gasteiger partial charge in [-0.15, -0.1) is 10.2 Å². The van der Waals surface area contributed by atoms with Crippen molar-refractivity contribution >= 4 is 27.4 Å². The van der Waals surface area contributed by atoms with Gasteiger partial charge >= 0.3 is 0 Å². The van der Waals surface area contributed by atoms with Gasteiger partial charge in [-0.25, -0.2) is 8.42 Å². The number of hydrogen-bond donors (Lipinski definition) is 1. The lowest BCUT2D eigenvalue weighted by molar-refractivity contribution is -0.135. The van der Waals surface area contributed by atoms with Crippen LogP contribution in [0.5, 0.6) is 0 Å². The SMILES string of the molecule is CCC(NC(=O)C(C)(CC(=O)N1CCCCC1)S(=O)(=O)Cc1ccccc1)C(=O)c1nnc(COC)o1. The van der Waals surface area contributed by atoms with Gasteiger partial charge in [0, 0.05) is 20.2 Å². The molecule has 1 aliphatic heterocycles. The van der Waals surface area contributed by atoms with Crippen LogP contribution in [-0.2, 0) is 36.5 Å². The largest absolute Gasteiger partial charge is 0.416 e. The number of amides is 2. The summed E-state index contributed by atoms with van der Waals surface area (Å²) in [5.74, 6) is -2.65. The first kappa shape index (κ1) is 28.5. The molecule has 12 heteroatoms. The molecule has 202 valence electrons. The van der Waals surface area contributed by atoms with Crippen LogP contribution >= 0.6 is 0 Å².